The zero-order chi connectivity index (χ0) is 34.1. The number of hydrogen-bond donors (Lipinski definition) is 1. The predicted octanol–water partition coefficient (Wildman–Crippen LogP) is 14.8. The minimum Gasteiger partial charge on any atom is -0.481 e. The van der Waals surface area contributed by atoms with E-state index in [-0.39, 0.29) is 5.97 Å². The Bertz CT molecular complexity index is 619. The van der Waals surface area contributed by atoms with E-state index >= 15 is 0 Å². The van der Waals surface area contributed by atoms with E-state index in [0.29, 0.717) is 19.4 Å². The van der Waals surface area contributed by atoms with Crippen molar-refractivity contribution in [1.29, 1.82) is 0 Å². The molecule has 0 bridgehead atoms. The van der Waals surface area contributed by atoms with Crippen LogP contribution in [0.1, 0.15) is 257 Å². The highest BCUT2D eigenvalue weighted by molar-refractivity contribution is 5.69. The molecule has 0 fully saturated rings. The highest BCUT2D eigenvalue weighted by atomic mass is 16.5. The summed E-state index contributed by atoms with van der Waals surface area (Å²) in [4.78, 5) is 22.5. The Labute approximate surface area is 294 Å². The van der Waals surface area contributed by atoms with Gasteiger partial charge in [-0.2, -0.15) is 0 Å². The lowest BCUT2D eigenvalue weighted by molar-refractivity contribution is -0.144. The third-order valence-corrected chi connectivity index (χ3v) is 10.0. The molecular weight excluding hydrogens is 580 g/mol. The summed E-state index contributed by atoms with van der Waals surface area (Å²) >= 11 is 0. The maximum atomic E-state index is 12.0. The van der Waals surface area contributed by atoms with E-state index in [2.05, 4.69) is 6.92 Å². The monoisotopic (exact) mass is 665 g/mol. The average molecular weight is 665 g/mol. The molecule has 4 nitrogen and oxygen atoms in total. The lowest BCUT2D eigenvalue weighted by Gasteiger charge is -2.06. The summed E-state index contributed by atoms with van der Waals surface area (Å²) in [5.74, 6) is -0.636. The van der Waals surface area contributed by atoms with Crippen LogP contribution in [0.25, 0.3) is 0 Å². The van der Waals surface area contributed by atoms with E-state index in [9.17, 15) is 9.59 Å². The number of unbranched alkanes of at least 4 members (excludes halogenated alkanes) is 35. The second-order valence-corrected chi connectivity index (χ2v) is 14.8. The Morgan fingerprint density at radius 2 is 0.574 bits per heavy atom. The molecule has 0 aromatic rings. The Morgan fingerprint density at radius 3 is 0.851 bits per heavy atom. The maximum absolute atomic E-state index is 12.0. The number of carboxylic acids is 1. The molecule has 0 spiro atoms. The highest BCUT2D eigenvalue weighted by Crippen LogP contribution is 2.17. The van der Waals surface area contributed by atoms with Crippen molar-refractivity contribution in [2.24, 2.45) is 0 Å². The standard InChI is InChI=1S/C43H84O4/c1-2-3-4-5-6-7-8-23-26-29-32-35-38-41-47-43(46)40-37-34-31-28-25-22-20-18-16-14-12-10-9-11-13-15-17-19-21-24-27-30-33-36-39-42(44)45/h2-41H2,1H3,(H,44,45). The average Bonchev–Trinajstić information content (AvgIpc) is 3.06. The third-order valence-electron chi connectivity index (χ3n) is 10.0. The van der Waals surface area contributed by atoms with Crippen molar-refractivity contribution in [3.8, 4) is 0 Å². The Balaban J connectivity index is 3.14. The first-order chi connectivity index (χ1) is 23.2. The largest absolute Gasteiger partial charge is 0.481 e. The molecule has 1 N–H and O–H groups in total. The van der Waals surface area contributed by atoms with Crippen LogP contribution in [-0.2, 0) is 14.3 Å². The Morgan fingerprint density at radius 1 is 0.340 bits per heavy atom. The summed E-state index contributed by atoms with van der Waals surface area (Å²) in [6, 6.07) is 0. The number of carboxylic acid groups (broad SMARTS) is 1. The zero-order valence-electron chi connectivity index (χ0n) is 32.0. The predicted molar refractivity (Wildman–Crippen MR) is 204 cm³/mol. The van der Waals surface area contributed by atoms with Crippen molar-refractivity contribution >= 4 is 11.9 Å². The van der Waals surface area contributed by atoms with Gasteiger partial charge in [0, 0.05) is 12.8 Å². The van der Waals surface area contributed by atoms with Gasteiger partial charge >= 0.3 is 11.9 Å². The second-order valence-electron chi connectivity index (χ2n) is 14.8. The van der Waals surface area contributed by atoms with Gasteiger partial charge in [-0.3, -0.25) is 9.59 Å². The fourth-order valence-corrected chi connectivity index (χ4v) is 6.81. The molecule has 0 aromatic carbocycles. The van der Waals surface area contributed by atoms with E-state index in [1.54, 1.807) is 0 Å². The highest BCUT2D eigenvalue weighted by Gasteiger charge is 2.03. The molecule has 0 aliphatic heterocycles. The van der Waals surface area contributed by atoms with Gasteiger partial charge in [0.15, 0.2) is 0 Å². The molecule has 0 aliphatic rings. The van der Waals surface area contributed by atoms with Gasteiger partial charge in [-0.25, -0.2) is 0 Å². The van der Waals surface area contributed by atoms with Gasteiger partial charge in [0.25, 0.3) is 0 Å². The van der Waals surface area contributed by atoms with Gasteiger partial charge in [0.05, 0.1) is 6.61 Å². The SMILES string of the molecule is CCCCCCCCCCCCCCCOC(=O)CCCCCCCCCCCCCCCCCCCCCCCCCCC(=O)O. The van der Waals surface area contributed by atoms with E-state index in [4.69, 9.17) is 9.84 Å². The topological polar surface area (TPSA) is 63.6 Å². The summed E-state index contributed by atoms with van der Waals surface area (Å²) in [7, 11) is 0. The molecule has 0 atom stereocenters. The minimum atomic E-state index is -0.655. The lowest BCUT2D eigenvalue weighted by atomic mass is 10.0. The fraction of sp³-hybridized carbons (Fsp3) is 0.953. The number of carbonyl (C=O) groups is 2. The maximum Gasteiger partial charge on any atom is 0.305 e. The summed E-state index contributed by atoms with van der Waals surface area (Å²) in [6.07, 6.45) is 50.0. The first kappa shape index (κ1) is 45.9. The molecular formula is C43H84O4. The number of aliphatic carboxylic acids is 1. The number of hydrogen-bond acceptors (Lipinski definition) is 3. The van der Waals surface area contributed by atoms with Crippen LogP contribution in [0, 0.1) is 0 Å². The molecule has 0 heterocycles. The van der Waals surface area contributed by atoms with Gasteiger partial charge in [-0.15, -0.1) is 0 Å². The van der Waals surface area contributed by atoms with Crippen molar-refractivity contribution in [2.75, 3.05) is 6.61 Å². The molecule has 280 valence electrons. The first-order valence-corrected chi connectivity index (χ1v) is 21.5. The quantitative estimate of drug-likeness (QED) is 0.0522. The lowest BCUT2D eigenvalue weighted by Crippen LogP contribution is -2.05. The Hall–Kier alpha value is -1.06. The van der Waals surface area contributed by atoms with Gasteiger partial charge in [-0.1, -0.05) is 225 Å². The molecule has 0 radical (unpaired) electrons. The normalized spacial score (nSPS) is 11.3. The van der Waals surface area contributed by atoms with Crippen LogP contribution < -0.4 is 0 Å². The van der Waals surface area contributed by atoms with Crippen LogP contribution in [0.4, 0.5) is 0 Å². The van der Waals surface area contributed by atoms with Crippen LogP contribution in [0.15, 0.2) is 0 Å². The van der Waals surface area contributed by atoms with Crippen LogP contribution in [0.3, 0.4) is 0 Å². The van der Waals surface area contributed by atoms with Gasteiger partial charge in [-0.05, 0) is 19.3 Å². The molecule has 0 rings (SSSR count). The number of esters is 1. The minimum absolute atomic E-state index is 0.0195. The summed E-state index contributed by atoms with van der Waals surface area (Å²) in [5.41, 5.74) is 0. The summed E-state index contributed by atoms with van der Waals surface area (Å²) in [5, 5.41) is 8.65. The van der Waals surface area contributed by atoms with Crippen molar-refractivity contribution in [3.63, 3.8) is 0 Å². The summed E-state index contributed by atoms with van der Waals surface area (Å²) in [6.45, 7) is 2.91. The van der Waals surface area contributed by atoms with Crippen LogP contribution in [0.5, 0.6) is 0 Å². The van der Waals surface area contributed by atoms with Crippen LogP contribution in [0.2, 0.25) is 0 Å². The zero-order valence-corrected chi connectivity index (χ0v) is 32.0. The number of carbonyl (C=O) groups excluding carboxylic acids is 1. The van der Waals surface area contributed by atoms with Crippen LogP contribution >= 0.6 is 0 Å². The third kappa shape index (κ3) is 42.9. The molecule has 0 saturated heterocycles. The van der Waals surface area contributed by atoms with Gasteiger partial charge in [0.2, 0.25) is 0 Å². The van der Waals surface area contributed by atoms with Gasteiger partial charge < -0.3 is 9.84 Å². The molecule has 4 heteroatoms. The smallest absolute Gasteiger partial charge is 0.305 e. The molecule has 0 saturated carbocycles. The van der Waals surface area contributed by atoms with E-state index in [1.807, 2.05) is 0 Å². The number of ether oxygens (including phenoxy) is 1. The molecule has 0 aliphatic carbocycles. The fourth-order valence-electron chi connectivity index (χ4n) is 6.81. The van der Waals surface area contributed by atoms with Crippen LogP contribution in [-0.4, -0.2) is 23.7 Å². The molecule has 0 unspecified atom stereocenters. The van der Waals surface area contributed by atoms with Crippen molar-refractivity contribution in [1.82, 2.24) is 0 Å². The van der Waals surface area contributed by atoms with E-state index < -0.39 is 5.97 Å². The van der Waals surface area contributed by atoms with E-state index in [0.717, 1.165) is 25.7 Å². The van der Waals surface area contributed by atoms with Crippen molar-refractivity contribution < 1.29 is 19.4 Å². The second kappa shape index (κ2) is 41.1. The Kier molecular flexibility index (Phi) is 40.2. The molecule has 0 aromatic heterocycles. The molecule has 47 heavy (non-hydrogen) atoms. The van der Waals surface area contributed by atoms with Crippen molar-refractivity contribution in [3.05, 3.63) is 0 Å². The number of rotatable bonds is 41. The molecule has 0 amide bonds. The van der Waals surface area contributed by atoms with Crippen molar-refractivity contribution in [2.45, 2.75) is 257 Å². The van der Waals surface area contributed by atoms with Gasteiger partial charge in [0.1, 0.15) is 0 Å². The first-order valence-electron chi connectivity index (χ1n) is 21.5. The summed E-state index contributed by atoms with van der Waals surface area (Å²) < 4.78 is 5.45. The van der Waals surface area contributed by atoms with E-state index in [1.165, 1.54) is 212 Å².